The fourth-order valence-corrected chi connectivity index (χ4v) is 3.77. The van der Waals surface area contributed by atoms with Crippen LogP contribution in [0.5, 0.6) is 0 Å². The standard InChI is InChI=1S/C19H21N3O2/c1-13-18-16(5-4-6-17(18)23)22(20-13)15-9-7-14(8-10-15)19(24)21-11-2-3-12-21/h7-10H,2-6,11-12H2,1H3. The molecule has 0 radical (unpaired) electrons. The molecule has 2 heterocycles. The summed E-state index contributed by atoms with van der Waals surface area (Å²) < 4.78 is 1.87. The molecule has 1 aliphatic heterocycles. The van der Waals surface area contributed by atoms with E-state index in [0.717, 1.165) is 67.0 Å². The Hall–Kier alpha value is -2.43. The lowest BCUT2D eigenvalue weighted by molar-refractivity contribution is 0.0792. The third kappa shape index (κ3) is 2.44. The van der Waals surface area contributed by atoms with Crippen LogP contribution < -0.4 is 0 Å². The minimum Gasteiger partial charge on any atom is -0.339 e. The fraction of sp³-hybridized carbons (Fsp3) is 0.421. The number of hydrogen-bond acceptors (Lipinski definition) is 3. The molecule has 2 aromatic rings. The fourth-order valence-electron chi connectivity index (χ4n) is 3.77. The first-order chi connectivity index (χ1) is 11.6. The predicted molar refractivity (Wildman–Crippen MR) is 90.7 cm³/mol. The Kier molecular flexibility index (Phi) is 3.71. The minimum absolute atomic E-state index is 0.105. The average molecular weight is 323 g/mol. The molecular weight excluding hydrogens is 302 g/mol. The second-order valence-corrected chi connectivity index (χ2v) is 6.64. The number of hydrogen-bond donors (Lipinski definition) is 0. The van der Waals surface area contributed by atoms with Gasteiger partial charge in [0, 0.05) is 25.1 Å². The van der Waals surface area contributed by atoms with Gasteiger partial charge in [0.05, 0.1) is 22.6 Å². The highest BCUT2D eigenvalue weighted by Gasteiger charge is 2.26. The van der Waals surface area contributed by atoms with E-state index in [9.17, 15) is 9.59 Å². The van der Waals surface area contributed by atoms with Gasteiger partial charge in [-0.15, -0.1) is 0 Å². The normalized spacial score (nSPS) is 17.2. The SMILES string of the molecule is Cc1nn(-c2ccc(C(=O)N3CCCC3)cc2)c2c1C(=O)CCC2. The average Bonchev–Trinajstić information content (AvgIpc) is 3.23. The summed E-state index contributed by atoms with van der Waals surface area (Å²) in [7, 11) is 0. The zero-order valence-electron chi connectivity index (χ0n) is 13.9. The molecule has 0 atom stereocenters. The summed E-state index contributed by atoms with van der Waals surface area (Å²) in [5, 5.41) is 4.57. The Balaban J connectivity index is 1.65. The lowest BCUT2D eigenvalue weighted by Crippen LogP contribution is -2.27. The van der Waals surface area contributed by atoms with E-state index in [0.29, 0.717) is 6.42 Å². The molecule has 1 amide bonds. The number of likely N-dealkylation sites (tertiary alicyclic amines) is 1. The molecule has 0 spiro atoms. The van der Waals surface area contributed by atoms with Gasteiger partial charge in [0.15, 0.2) is 5.78 Å². The van der Waals surface area contributed by atoms with Crippen LogP contribution in [0.3, 0.4) is 0 Å². The molecule has 1 aliphatic carbocycles. The number of benzene rings is 1. The largest absolute Gasteiger partial charge is 0.339 e. The molecule has 1 saturated heterocycles. The molecule has 1 aromatic carbocycles. The van der Waals surface area contributed by atoms with E-state index in [2.05, 4.69) is 5.10 Å². The van der Waals surface area contributed by atoms with Gasteiger partial charge in [0.2, 0.25) is 0 Å². The van der Waals surface area contributed by atoms with Crippen molar-refractivity contribution >= 4 is 11.7 Å². The molecule has 24 heavy (non-hydrogen) atoms. The monoisotopic (exact) mass is 323 g/mol. The van der Waals surface area contributed by atoms with Crippen molar-refractivity contribution in [3.63, 3.8) is 0 Å². The number of carbonyl (C=O) groups is 2. The Morgan fingerprint density at radius 2 is 1.75 bits per heavy atom. The predicted octanol–water partition coefficient (Wildman–Crippen LogP) is 2.94. The van der Waals surface area contributed by atoms with Crippen LogP contribution in [0.15, 0.2) is 24.3 Å². The van der Waals surface area contributed by atoms with Gasteiger partial charge in [-0.1, -0.05) is 0 Å². The number of Topliss-reactive ketones (excluding diaryl/α,β-unsaturated/α-hetero) is 1. The molecule has 2 aliphatic rings. The smallest absolute Gasteiger partial charge is 0.253 e. The molecule has 4 rings (SSSR count). The van der Waals surface area contributed by atoms with Crippen LogP contribution in [0.1, 0.15) is 57.8 Å². The topological polar surface area (TPSA) is 55.2 Å². The summed E-state index contributed by atoms with van der Waals surface area (Å²) in [5.41, 5.74) is 4.22. The molecule has 0 unspecified atom stereocenters. The number of rotatable bonds is 2. The summed E-state index contributed by atoms with van der Waals surface area (Å²) in [6.07, 6.45) is 4.55. The maximum atomic E-state index is 12.4. The maximum Gasteiger partial charge on any atom is 0.253 e. The van der Waals surface area contributed by atoms with Crippen LogP contribution in [-0.2, 0) is 6.42 Å². The quantitative estimate of drug-likeness (QED) is 0.854. The Bertz CT molecular complexity index is 799. The van der Waals surface area contributed by atoms with Gasteiger partial charge in [0.25, 0.3) is 5.91 Å². The van der Waals surface area contributed by atoms with Crippen molar-refractivity contribution in [2.75, 3.05) is 13.1 Å². The Labute approximate surface area is 141 Å². The van der Waals surface area contributed by atoms with E-state index >= 15 is 0 Å². The van der Waals surface area contributed by atoms with Gasteiger partial charge < -0.3 is 4.90 Å². The second-order valence-electron chi connectivity index (χ2n) is 6.64. The molecule has 5 heteroatoms. The minimum atomic E-state index is 0.105. The van der Waals surface area contributed by atoms with Crippen molar-refractivity contribution < 1.29 is 9.59 Å². The van der Waals surface area contributed by atoms with Crippen LogP contribution in [0.2, 0.25) is 0 Å². The summed E-state index contributed by atoms with van der Waals surface area (Å²) in [6, 6.07) is 7.58. The van der Waals surface area contributed by atoms with E-state index in [-0.39, 0.29) is 11.7 Å². The number of nitrogens with zero attached hydrogens (tertiary/aromatic N) is 3. The number of aromatic nitrogens is 2. The molecule has 1 aromatic heterocycles. The van der Waals surface area contributed by atoms with E-state index < -0.39 is 0 Å². The number of carbonyl (C=O) groups excluding carboxylic acids is 2. The van der Waals surface area contributed by atoms with Gasteiger partial charge in [-0.05, 0) is 56.9 Å². The molecule has 0 saturated carbocycles. The van der Waals surface area contributed by atoms with Gasteiger partial charge in [0.1, 0.15) is 0 Å². The van der Waals surface area contributed by atoms with Crippen molar-refractivity contribution in [1.82, 2.24) is 14.7 Å². The summed E-state index contributed by atoms with van der Waals surface area (Å²) in [4.78, 5) is 26.5. The third-order valence-corrected chi connectivity index (χ3v) is 5.00. The van der Waals surface area contributed by atoms with Crippen molar-refractivity contribution in [3.8, 4) is 5.69 Å². The van der Waals surface area contributed by atoms with Crippen molar-refractivity contribution in [2.24, 2.45) is 0 Å². The zero-order chi connectivity index (χ0) is 16.7. The second kappa shape index (κ2) is 5.89. The van der Waals surface area contributed by atoms with Crippen LogP contribution in [-0.4, -0.2) is 39.5 Å². The van der Waals surface area contributed by atoms with E-state index in [1.165, 1.54) is 0 Å². The van der Waals surface area contributed by atoms with Gasteiger partial charge in [-0.2, -0.15) is 5.10 Å². The maximum absolute atomic E-state index is 12.4. The van der Waals surface area contributed by atoms with E-state index in [4.69, 9.17) is 0 Å². The van der Waals surface area contributed by atoms with Crippen molar-refractivity contribution in [3.05, 3.63) is 46.8 Å². The molecule has 0 bridgehead atoms. The van der Waals surface area contributed by atoms with Crippen LogP contribution in [0.25, 0.3) is 5.69 Å². The molecule has 5 nitrogen and oxygen atoms in total. The van der Waals surface area contributed by atoms with Crippen LogP contribution in [0.4, 0.5) is 0 Å². The molecule has 124 valence electrons. The highest BCUT2D eigenvalue weighted by atomic mass is 16.2. The Morgan fingerprint density at radius 1 is 1.04 bits per heavy atom. The summed E-state index contributed by atoms with van der Waals surface area (Å²) >= 11 is 0. The third-order valence-electron chi connectivity index (χ3n) is 5.00. The van der Waals surface area contributed by atoms with Crippen LogP contribution in [0, 0.1) is 6.92 Å². The number of fused-ring (bicyclic) bond motifs is 1. The van der Waals surface area contributed by atoms with Crippen molar-refractivity contribution in [2.45, 2.75) is 39.0 Å². The highest BCUT2D eigenvalue weighted by molar-refractivity contribution is 5.99. The van der Waals surface area contributed by atoms with Gasteiger partial charge in [-0.25, -0.2) is 4.68 Å². The zero-order valence-corrected chi connectivity index (χ0v) is 13.9. The first kappa shape index (κ1) is 15.1. The number of aryl methyl sites for hydroxylation is 1. The van der Waals surface area contributed by atoms with Crippen LogP contribution >= 0.6 is 0 Å². The first-order valence-corrected chi connectivity index (χ1v) is 8.66. The number of amides is 1. The summed E-state index contributed by atoms with van der Waals surface area (Å²) in [6.45, 7) is 3.60. The number of ketones is 1. The highest BCUT2D eigenvalue weighted by Crippen LogP contribution is 2.26. The molecular formula is C19H21N3O2. The Morgan fingerprint density at radius 3 is 2.46 bits per heavy atom. The molecule has 0 N–H and O–H groups in total. The van der Waals surface area contributed by atoms with Crippen molar-refractivity contribution in [1.29, 1.82) is 0 Å². The van der Waals surface area contributed by atoms with Gasteiger partial charge >= 0.3 is 0 Å². The molecule has 1 fully saturated rings. The first-order valence-electron chi connectivity index (χ1n) is 8.66. The van der Waals surface area contributed by atoms with E-state index in [1.54, 1.807) is 0 Å². The van der Waals surface area contributed by atoms with Gasteiger partial charge in [-0.3, -0.25) is 9.59 Å². The van der Waals surface area contributed by atoms with E-state index in [1.807, 2.05) is 40.8 Å². The lowest BCUT2D eigenvalue weighted by Gasteiger charge is -2.16. The summed E-state index contributed by atoms with van der Waals surface area (Å²) in [5.74, 6) is 0.300. The lowest BCUT2D eigenvalue weighted by atomic mass is 9.94.